The summed E-state index contributed by atoms with van der Waals surface area (Å²) in [6.45, 7) is 0.355. The fourth-order valence-corrected chi connectivity index (χ4v) is 1.76. The van der Waals surface area contributed by atoms with E-state index in [1.54, 1.807) is 31.6 Å². The SMILES string of the molecule is COCc1[nH]n(-c2ccncc2)c(=O)c1Br. The van der Waals surface area contributed by atoms with E-state index in [4.69, 9.17) is 4.74 Å². The lowest BCUT2D eigenvalue weighted by Gasteiger charge is -2.00. The summed E-state index contributed by atoms with van der Waals surface area (Å²) in [5, 5.41) is 2.97. The minimum atomic E-state index is -0.141. The fraction of sp³-hybridized carbons (Fsp3) is 0.200. The van der Waals surface area contributed by atoms with Gasteiger partial charge in [-0.2, -0.15) is 0 Å². The Labute approximate surface area is 100 Å². The zero-order valence-electron chi connectivity index (χ0n) is 8.61. The van der Waals surface area contributed by atoms with E-state index in [2.05, 4.69) is 26.0 Å². The minimum Gasteiger partial charge on any atom is -0.378 e. The van der Waals surface area contributed by atoms with E-state index in [9.17, 15) is 4.79 Å². The van der Waals surface area contributed by atoms with E-state index in [0.29, 0.717) is 16.8 Å². The molecule has 0 aliphatic rings. The lowest BCUT2D eigenvalue weighted by Crippen LogP contribution is -2.14. The van der Waals surface area contributed by atoms with Crippen molar-refractivity contribution in [3.05, 3.63) is 45.0 Å². The number of aromatic nitrogens is 3. The van der Waals surface area contributed by atoms with Crippen LogP contribution >= 0.6 is 15.9 Å². The molecule has 16 heavy (non-hydrogen) atoms. The highest BCUT2D eigenvalue weighted by molar-refractivity contribution is 9.10. The van der Waals surface area contributed by atoms with Crippen LogP contribution in [-0.4, -0.2) is 21.9 Å². The first-order valence-electron chi connectivity index (χ1n) is 4.62. The molecule has 0 amide bonds. The van der Waals surface area contributed by atoms with E-state index in [1.165, 1.54) is 4.68 Å². The van der Waals surface area contributed by atoms with Gasteiger partial charge in [0, 0.05) is 19.5 Å². The van der Waals surface area contributed by atoms with E-state index in [0.717, 1.165) is 5.69 Å². The van der Waals surface area contributed by atoms with Gasteiger partial charge in [-0.3, -0.25) is 14.9 Å². The predicted octanol–water partition coefficient (Wildman–Crippen LogP) is 1.47. The Bertz CT molecular complexity index is 533. The summed E-state index contributed by atoms with van der Waals surface area (Å²) in [6, 6.07) is 3.50. The molecule has 6 heteroatoms. The van der Waals surface area contributed by atoms with Gasteiger partial charge >= 0.3 is 0 Å². The Hall–Kier alpha value is -1.40. The molecule has 0 bridgehead atoms. The van der Waals surface area contributed by atoms with Crippen molar-refractivity contribution in [1.82, 2.24) is 14.8 Å². The van der Waals surface area contributed by atoms with Crippen molar-refractivity contribution in [2.24, 2.45) is 0 Å². The van der Waals surface area contributed by atoms with Gasteiger partial charge in [-0.1, -0.05) is 0 Å². The first kappa shape index (κ1) is 11.1. The highest BCUT2D eigenvalue weighted by Crippen LogP contribution is 2.12. The number of ether oxygens (including phenoxy) is 1. The van der Waals surface area contributed by atoms with E-state index < -0.39 is 0 Å². The maximum atomic E-state index is 11.9. The van der Waals surface area contributed by atoms with E-state index >= 15 is 0 Å². The molecule has 0 saturated heterocycles. The molecule has 0 saturated carbocycles. The summed E-state index contributed by atoms with van der Waals surface area (Å²) in [7, 11) is 1.58. The smallest absolute Gasteiger partial charge is 0.285 e. The number of nitrogens with zero attached hydrogens (tertiary/aromatic N) is 2. The molecule has 0 spiro atoms. The number of aromatic amines is 1. The van der Waals surface area contributed by atoms with Crippen LogP contribution in [0.2, 0.25) is 0 Å². The molecule has 84 valence electrons. The highest BCUT2D eigenvalue weighted by Gasteiger charge is 2.11. The second-order valence-corrected chi connectivity index (χ2v) is 3.98. The van der Waals surface area contributed by atoms with Crippen LogP contribution in [0.15, 0.2) is 33.8 Å². The molecule has 0 atom stereocenters. The molecule has 2 heterocycles. The van der Waals surface area contributed by atoms with Crippen LogP contribution in [0.5, 0.6) is 0 Å². The Morgan fingerprint density at radius 1 is 1.50 bits per heavy atom. The molecule has 2 aromatic heterocycles. The predicted molar refractivity (Wildman–Crippen MR) is 62.6 cm³/mol. The Morgan fingerprint density at radius 2 is 2.19 bits per heavy atom. The van der Waals surface area contributed by atoms with Crippen molar-refractivity contribution in [1.29, 1.82) is 0 Å². The molecule has 2 rings (SSSR count). The third kappa shape index (κ3) is 1.94. The van der Waals surface area contributed by atoms with Crippen molar-refractivity contribution in [2.45, 2.75) is 6.61 Å². The fourth-order valence-electron chi connectivity index (χ4n) is 1.38. The van der Waals surface area contributed by atoms with Gasteiger partial charge in [-0.05, 0) is 28.1 Å². The van der Waals surface area contributed by atoms with Gasteiger partial charge in [0.25, 0.3) is 5.56 Å². The van der Waals surface area contributed by atoms with Crippen LogP contribution in [0.1, 0.15) is 5.69 Å². The number of rotatable bonds is 3. The van der Waals surface area contributed by atoms with E-state index in [1.807, 2.05) is 0 Å². The number of pyridine rings is 1. The molecule has 2 aromatic rings. The highest BCUT2D eigenvalue weighted by atomic mass is 79.9. The second kappa shape index (κ2) is 4.63. The average molecular weight is 284 g/mol. The lowest BCUT2D eigenvalue weighted by molar-refractivity contribution is 0.180. The number of methoxy groups -OCH3 is 1. The number of nitrogens with one attached hydrogen (secondary N) is 1. The van der Waals surface area contributed by atoms with Gasteiger partial charge < -0.3 is 4.74 Å². The maximum Gasteiger partial charge on any atom is 0.285 e. The molecular weight excluding hydrogens is 274 g/mol. The summed E-state index contributed by atoms with van der Waals surface area (Å²) in [4.78, 5) is 15.8. The molecule has 1 N–H and O–H groups in total. The average Bonchev–Trinajstić information content (AvgIpc) is 2.59. The van der Waals surface area contributed by atoms with Crippen LogP contribution in [0.4, 0.5) is 0 Å². The van der Waals surface area contributed by atoms with Crippen molar-refractivity contribution in [3.8, 4) is 5.69 Å². The van der Waals surface area contributed by atoms with Crippen molar-refractivity contribution >= 4 is 15.9 Å². The summed E-state index contributed by atoms with van der Waals surface area (Å²) in [5.41, 5.74) is 1.31. The normalized spacial score (nSPS) is 10.6. The van der Waals surface area contributed by atoms with E-state index in [-0.39, 0.29) is 5.56 Å². The quantitative estimate of drug-likeness (QED) is 0.928. The molecule has 0 radical (unpaired) electrons. The van der Waals surface area contributed by atoms with Crippen molar-refractivity contribution < 1.29 is 4.74 Å². The number of hydrogen-bond acceptors (Lipinski definition) is 3. The summed E-state index contributed by atoms with van der Waals surface area (Å²) in [5.74, 6) is 0. The first-order chi connectivity index (χ1) is 7.74. The topological polar surface area (TPSA) is 59.9 Å². The third-order valence-corrected chi connectivity index (χ3v) is 2.93. The van der Waals surface area contributed by atoms with Crippen LogP contribution in [0.3, 0.4) is 0 Å². The zero-order valence-corrected chi connectivity index (χ0v) is 10.2. The van der Waals surface area contributed by atoms with Gasteiger partial charge in [0.2, 0.25) is 0 Å². The van der Waals surface area contributed by atoms with Gasteiger partial charge in [-0.25, -0.2) is 4.68 Å². The summed E-state index contributed by atoms with van der Waals surface area (Å²) >= 11 is 3.24. The third-order valence-electron chi connectivity index (χ3n) is 2.11. The number of H-pyrrole nitrogens is 1. The van der Waals surface area contributed by atoms with Crippen molar-refractivity contribution in [2.75, 3.05) is 7.11 Å². The molecule has 0 aromatic carbocycles. The molecule has 0 aliphatic heterocycles. The molecule has 0 unspecified atom stereocenters. The van der Waals surface area contributed by atoms with Gasteiger partial charge in [0.05, 0.1) is 18.0 Å². The van der Waals surface area contributed by atoms with Gasteiger partial charge in [-0.15, -0.1) is 0 Å². The Balaban J connectivity index is 2.51. The number of halogens is 1. The summed E-state index contributed by atoms with van der Waals surface area (Å²) < 4.78 is 6.92. The van der Waals surface area contributed by atoms with Crippen LogP contribution in [0.25, 0.3) is 5.69 Å². The standard InChI is InChI=1S/C10H10BrN3O2/c1-16-6-8-9(11)10(15)14(13-8)7-2-4-12-5-3-7/h2-5,13H,6H2,1H3. The van der Waals surface area contributed by atoms with Gasteiger partial charge in [0.15, 0.2) is 0 Å². The maximum absolute atomic E-state index is 11.9. The lowest BCUT2D eigenvalue weighted by atomic mass is 10.4. The van der Waals surface area contributed by atoms with Crippen LogP contribution in [0, 0.1) is 0 Å². The van der Waals surface area contributed by atoms with Crippen LogP contribution < -0.4 is 5.56 Å². The monoisotopic (exact) mass is 283 g/mol. The largest absolute Gasteiger partial charge is 0.378 e. The summed E-state index contributed by atoms with van der Waals surface area (Å²) in [6.07, 6.45) is 3.26. The second-order valence-electron chi connectivity index (χ2n) is 3.18. The Kier molecular flexibility index (Phi) is 3.21. The molecule has 5 nitrogen and oxygen atoms in total. The zero-order chi connectivity index (χ0) is 11.5. The Morgan fingerprint density at radius 3 is 2.81 bits per heavy atom. The van der Waals surface area contributed by atoms with Gasteiger partial charge in [0.1, 0.15) is 4.47 Å². The minimum absolute atomic E-state index is 0.141. The van der Waals surface area contributed by atoms with Crippen LogP contribution in [-0.2, 0) is 11.3 Å². The molecular formula is C10H10BrN3O2. The molecule has 0 fully saturated rings. The first-order valence-corrected chi connectivity index (χ1v) is 5.42. The van der Waals surface area contributed by atoms with Crippen molar-refractivity contribution in [3.63, 3.8) is 0 Å². The number of hydrogen-bond donors (Lipinski definition) is 1. The molecule has 0 aliphatic carbocycles.